The first-order valence-electron chi connectivity index (χ1n) is 9.43. The lowest BCUT2D eigenvalue weighted by Crippen LogP contribution is -2.34. The fourth-order valence-corrected chi connectivity index (χ4v) is 3.79. The van der Waals surface area contributed by atoms with Gasteiger partial charge in [0.05, 0.1) is 21.6 Å². The van der Waals surface area contributed by atoms with Crippen LogP contribution in [-0.2, 0) is 0 Å². The second kappa shape index (κ2) is 8.38. The van der Waals surface area contributed by atoms with Crippen LogP contribution in [0.25, 0.3) is 21.0 Å². The molecule has 0 radical (unpaired) electrons. The maximum absolute atomic E-state index is 12.7. The lowest BCUT2D eigenvalue weighted by Gasteiger charge is -2.13. The summed E-state index contributed by atoms with van der Waals surface area (Å²) in [5, 5.41) is 8.99. The lowest BCUT2D eigenvalue weighted by atomic mass is 10.2. The minimum atomic E-state index is -0.416. The van der Waals surface area contributed by atoms with E-state index in [0.29, 0.717) is 22.1 Å². The van der Waals surface area contributed by atoms with Gasteiger partial charge < -0.3 is 20.4 Å². The van der Waals surface area contributed by atoms with E-state index in [-0.39, 0.29) is 17.8 Å². The van der Waals surface area contributed by atoms with Crippen molar-refractivity contribution in [1.82, 2.24) is 10.3 Å². The number of amides is 3. The monoisotopic (exact) mass is 420 g/mol. The zero-order valence-corrected chi connectivity index (χ0v) is 17.2. The van der Waals surface area contributed by atoms with Gasteiger partial charge in [0.2, 0.25) is 0 Å². The van der Waals surface area contributed by atoms with E-state index in [1.54, 1.807) is 36.4 Å². The second-order valence-corrected chi connectivity index (χ2v) is 7.93. The predicted molar refractivity (Wildman–Crippen MR) is 119 cm³/mol. The minimum absolute atomic E-state index is 0.00389. The van der Waals surface area contributed by atoms with Crippen molar-refractivity contribution >= 4 is 44.9 Å². The molecule has 4 aromatic rings. The summed E-state index contributed by atoms with van der Waals surface area (Å²) in [6.45, 7) is 3.74. The van der Waals surface area contributed by atoms with Crippen molar-refractivity contribution in [2.45, 2.75) is 19.9 Å². The number of furan rings is 1. The summed E-state index contributed by atoms with van der Waals surface area (Å²) in [6.07, 6.45) is 0. The largest absolute Gasteiger partial charge is 0.448 e. The van der Waals surface area contributed by atoms with Crippen LogP contribution >= 0.6 is 11.3 Å². The summed E-state index contributed by atoms with van der Waals surface area (Å²) >= 11 is 1.50. The van der Waals surface area contributed by atoms with E-state index in [0.717, 1.165) is 10.2 Å². The van der Waals surface area contributed by atoms with Gasteiger partial charge >= 0.3 is 6.03 Å². The predicted octanol–water partition coefficient (Wildman–Crippen LogP) is 5.34. The van der Waals surface area contributed by atoms with E-state index in [1.807, 2.05) is 38.1 Å². The van der Waals surface area contributed by atoms with Crippen LogP contribution in [0, 0.1) is 0 Å². The highest BCUT2D eigenvalue weighted by molar-refractivity contribution is 7.21. The molecule has 0 bridgehead atoms. The minimum Gasteiger partial charge on any atom is -0.448 e. The molecule has 3 amide bonds. The normalized spacial score (nSPS) is 10.9. The summed E-state index contributed by atoms with van der Waals surface area (Å²) in [7, 11) is 0. The van der Waals surface area contributed by atoms with Crippen LogP contribution in [0.2, 0.25) is 0 Å². The SMILES string of the molecule is CC(C)NC(=O)Nc1ccccc1NC(=O)c1ccc(-c2nc3ccccc3s2)o1. The van der Waals surface area contributed by atoms with E-state index in [9.17, 15) is 9.59 Å². The van der Waals surface area contributed by atoms with Crippen LogP contribution in [0.4, 0.5) is 16.2 Å². The first-order valence-corrected chi connectivity index (χ1v) is 10.2. The molecule has 2 heterocycles. The maximum Gasteiger partial charge on any atom is 0.319 e. The Hall–Kier alpha value is -3.65. The number of carbonyl (C=O) groups is 2. The van der Waals surface area contributed by atoms with Gasteiger partial charge in [-0.15, -0.1) is 11.3 Å². The average molecular weight is 420 g/mol. The Bertz CT molecular complexity index is 1180. The quantitative estimate of drug-likeness (QED) is 0.406. The van der Waals surface area contributed by atoms with Gasteiger partial charge in [-0.3, -0.25) is 4.79 Å². The van der Waals surface area contributed by atoms with Crippen molar-refractivity contribution < 1.29 is 14.0 Å². The molecule has 7 nitrogen and oxygen atoms in total. The molecule has 30 heavy (non-hydrogen) atoms. The molecule has 8 heteroatoms. The van der Waals surface area contributed by atoms with Crippen molar-refractivity contribution in [3.63, 3.8) is 0 Å². The molecule has 2 aromatic carbocycles. The van der Waals surface area contributed by atoms with Crippen molar-refractivity contribution in [3.05, 3.63) is 66.4 Å². The van der Waals surface area contributed by atoms with Gasteiger partial charge in [-0.25, -0.2) is 9.78 Å². The third-order valence-corrected chi connectivity index (χ3v) is 5.23. The third-order valence-electron chi connectivity index (χ3n) is 4.18. The lowest BCUT2D eigenvalue weighted by molar-refractivity contribution is 0.0997. The van der Waals surface area contributed by atoms with Gasteiger partial charge in [-0.1, -0.05) is 24.3 Å². The van der Waals surface area contributed by atoms with Crippen LogP contribution in [0.3, 0.4) is 0 Å². The second-order valence-electron chi connectivity index (χ2n) is 6.90. The Morgan fingerprint density at radius 3 is 2.37 bits per heavy atom. The molecule has 2 aromatic heterocycles. The smallest absolute Gasteiger partial charge is 0.319 e. The molecule has 0 saturated carbocycles. The summed E-state index contributed by atoms with van der Waals surface area (Å²) in [5.74, 6) is 0.274. The van der Waals surface area contributed by atoms with E-state index >= 15 is 0 Å². The zero-order chi connectivity index (χ0) is 21.1. The van der Waals surface area contributed by atoms with Crippen LogP contribution in [0.15, 0.2) is 65.1 Å². The van der Waals surface area contributed by atoms with E-state index < -0.39 is 5.91 Å². The number of benzene rings is 2. The number of carbonyl (C=O) groups excluding carboxylic acids is 2. The summed E-state index contributed by atoms with van der Waals surface area (Å²) in [6, 6.07) is 17.8. The van der Waals surface area contributed by atoms with Gasteiger partial charge in [0.25, 0.3) is 5.91 Å². The first kappa shape index (κ1) is 19.7. The number of urea groups is 1. The molecule has 0 spiro atoms. The third kappa shape index (κ3) is 4.33. The van der Waals surface area contributed by atoms with Gasteiger partial charge in [0.15, 0.2) is 16.5 Å². The fourth-order valence-electron chi connectivity index (χ4n) is 2.86. The van der Waals surface area contributed by atoms with Crippen LogP contribution in [-0.4, -0.2) is 23.0 Å². The number of para-hydroxylation sites is 3. The number of anilines is 2. The molecular weight excluding hydrogens is 400 g/mol. The average Bonchev–Trinajstić information content (AvgIpc) is 3.36. The fraction of sp³-hybridized carbons (Fsp3) is 0.136. The summed E-state index contributed by atoms with van der Waals surface area (Å²) in [5.41, 5.74) is 1.85. The molecule has 152 valence electrons. The molecule has 0 fully saturated rings. The standard InChI is InChI=1S/C22H20N4O3S/c1-13(2)23-22(28)26-15-8-4-3-7-14(15)24-20(27)17-11-12-18(29-17)21-25-16-9-5-6-10-19(16)30-21/h3-13H,1-2H3,(H,24,27)(H2,23,26,28). The maximum atomic E-state index is 12.7. The molecule has 3 N–H and O–H groups in total. The number of rotatable bonds is 5. The van der Waals surface area contributed by atoms with E-state index in [2.05, 4.69) is 20.9 Å². The highest BCUT2D eigenvalue weighted by Gasteiger charge is 2.17. The first-order chi connectivity index (χ1) is 14.5. The Kier molecular flexibility index (Phi) is 5.49. The Morgan fingerprint density at radius 2 is 1.63 bits per heavy atom. The number of fused-ring (bicyclic) bond motifs is 1. The van der Waals surface area contributed by atoms with Crippen molar-refractivity contribution in [1.29, 1.82) is 0 Å². The number of hydrogen-bond acceptors (Lipinski definition) is 5. The Labute approximate surface area is 177 Å². The van der Waals surface area contributed by atoms with Gasteiger partial charge in [0.1, 0.15) is 0 Å². The topological polar surface area (TPSA) is 96.3 Å². The number of nitrogens with zero attached hydrogens (tertiary/aromatic N) is 1. The summed E-state index contributed by atoms with van der Waals surface area (Å²) < 4.78 is 6.79. The number of hydrogen-bond donors (Lipinski definition) is 3. The highest BCUT2D eigenvalue weighted by atomic mass is 32.1. The van der Waals surface area contributed by atoms with Crippen LogP contribution in [0.1, 0.15) is 24.4 Å². The molecule has 0 aliphatic rings. The van der Waals surface area contributed by atoms with Gasteiger partial charge in [0, 0.05) is 6.04 Å². The molecule has 0 aliphatic heterocycles. The molecule has 0 aliphatic carbocycles. The molecule has 0 atom stereocenters. The van der Waals surface area contributed by atoms with E-state index in [4.69, 9.17) is 4.42 Å². The molecular formula is C22H20N4O3S. The van der Waals surface area contributed by atoms with Crippen molar-refractivity contribution in [2.75, 3.05) is 10.6 Å². The summed E-state index contributed by atoms with van der Waals surface area (Å²) in [4.78, 5) is 29.3. The number of thiazole rings is 1. The van der Waals surface area contributed by atoms with Gasteiger partial charge in [-0.2, -0.15) is 0 Å². The number of aromatic nitrogens is 1. The van der Waals surface area contributed by atoms with E-state index in [1.165, 1.54) is 11.3 Å². The van der Waals surface area contributed by atoms with Crippen LogP contribution in [0.5, 0.6) is 0 Å². The van der Waals surface area contributed by atoms with Gasteiger partial charge in [-0.05, 0) is 50.2 Å². The van der Waals surface area contributed by atoms with Crippen molar-refractivity contribution in [3.8, 4) is 10.8 Å². The highest BCUT2D eigenvalue weighted by Crippen LogP contribution is 2.31. The van der Waals surface area contributed by atoms with Crippen molar-refractivity contribution in [2.24, 2.45) is 0 Å². The Balaban J connectivity index is 1.51. The molecule has 0 saturated heterocycles. The molecule has 0 unspecified atom stereocenters. The van der Waals surface area contributed by atoms with Crippen LogP contribution < -0.4 is 16.0 Å². The molecule has 4 rings (SSSR count). The zero-order valence-electron chi connectivity index (χ0n) is 16.4. The number of nitrogens with one attached hydrogen (secondary N) is 3. The Morgan fingerprint density at radius 1 is 0.933 bits per heavy atom.